The number of rotatable bonds is 3. The molecule has 1 heterocycles. The van der Waals surface area contributed by atoms with E-state index in [1.165, 1.54) is 23.3 Å². The smallest absolute Gasteiger partial charge is 0.332 e. The molecule has 2 rings (SSSR count). The number of halogens is 1. The van der Waals surface area contributed by atoms with Gasteiger partial charge in [-0.2, -0.15) is 0 Å². The number of esters is 1. The van der Waals surface area contributed by atoms with E-state index in [9.17, 15) is 4.79 Å². The zero-order valence-corrected chi connectivity index (χ0v) is 12.8. The average Bonchev–Trinajstić information content (AvgIpc) is 2.83. The summed E-state index contributed by atoms with van der Waals surface area (Å²) >= 11 is 5.93. The second-order valence-corrected chi connectivity index (χ2v) is 5.84. The van der Waals surface area contributed by atoms with Crippen molar-refractivity contribution in [2.75, 3.05) is 0 Å². The molecule has 0 amide bonds. The van der Waals surface area contributed by atoms with Crippen molar-refractivity contribution in [3.8, 4) is 11.4 Å². The maximum atomic E-state index is 11.6. The van der Waals surface area contributed by atoms with Gasteiger partial charge in [0, 0.05) is 22.9 Å². The van der Waals surface area contributed by atoms with Crippen LogP contribution in [0.15, 0.2) is 36.7 Å². The number of ether oxygens (including phenoxy) is 1. The van der Waals surface area contributed by atoms with Crippen LogP contribution in [0, 0.1) is 0 Å². The molecule has 21 heavy (non-hydrogen) atoms. The monoisotopic (exact) mass is 305 g/mol. The number of carbonyl (C=O) groups is 1. The van der Waals surface area contributed by atoms with E-state index in [-0.39, 0.29) is 0 Å². The predicted molar refractivity (Wildman–Crippen MR) is 81.6 cm³/mol. The number of hydrogen-bond donors (Lipinski definition) is 0. The molecule has 0 saturated carbocycles. The third-order valence-corrected chi connectivity index (χ3v) is 2.60. The first kappa shape index (κ1) is 15.3. The molecule has 2 aromatic rings. The Kier molecular flexibility index (Phi) is 4.43. The van der Waals surface area contributed by atoms with Crippen LogP contribution in [0.5, 0.6) is 0 Å². The number of benzene rings is 1. The third kappa shape index (κ3) is 4.72. The van der Waals surface area contributed by atoms with Crippen LogP contribution in [-0.2, 0) is 9.53 Å². The van der Waals surface area contributed by atoms with Gasteiger partial charge in [0.2, 0.25) is 0 Å². The van der Waals surface area contributed by atoms with E-state index in [0.29, 0.717) is 10.8 Å². The van der Waals surface area contributed by atoms with Gasteiger partial charge in [0.1, 0.15) is 11.9 Å². The minimum absolute atomic E-state index is 0.428. The Morgan fingerprint density at radius 1 is 1.38 bits per heavy atom. The molecule has 0 spiro atoms. The number of carbonyl (C=O) groups excluding carboxylic acids is 1. The zero-order valence-electron chi connectivity index (χ0n) is 12.1. The highest BCUT2D eigenvalue weighted by Gasteiger charge is 2.14. The van der Waals surface area contributed by atoms with Crippen molar-refractivity contribution in [1.29, 1.82) is 0 Å². The summed E-state index contributed by atoms with van der Waals surface area (Å²) in [6, 6.07) is 7.25. The molecule has 1 aromatic heterocycles. The van der Waals surface area contributed by atoms with E-state index in [0.717, 1.165) is 5.56 Å². The Morgan fingerprint density at radius 3 is 2.81 bits per heavy atom. The van der Waals surface area contributed by atoms with E-state index >= 15 is 0 Å². The molecule has 0 atom stereocenters. The lowest BCUT2D eigenvalue weighted by molar-refractivity contribution is -0.148. The van der Waals surface area contributed by atoms with Crippen LogP contribution >= 0.6 is 11.6 Å². The maximum Gasteiger partial charge on any atom is 0.332 e. The summed E-state index contributed by atoms with van der Waals surface area (Å²) in [4.78, 5) is 15.7. The Balaban J connectivity index is 2.09. The zero-order chi connectivity index (χ0) is 15.5. The van der Waals surface area contributed by atoms with Crippen molar-refractivity contribution in [2.24, 2.45) is 0 Å². The fraction of sp³-hybridized carbons (Fsp3) is 0.267. The minimum Gasteiger partial charge on any atom is -0.457 e. The van der Waals surface area contributed by atoms with Crippen LogP contribution in [0.1, 0.15) is 20.8 Å². The fourth-order valence-electron chi connectivity index (χ4n) is 1.58. The van der Waals surface area contributed by atoms with Crippen molar-refractivity contribution in [1.82, 2.24) is 14.8 Å². The summed E-state index contributed by atoms with van der Waals surface area (Å²) < 4.78 is 6.61. The van der Waals surface area contributed by atoms with E-state index in [4.69, 9.17) is 16.3 Å². The lowest BCUT2D eigenvalue weighted by Crippen LogP contribution is -2.22. The van der Waals surface area contributed by atoms with Gasteiger partial charge < -0.3 is 4.74 Å². The molecule has 0 saturated heterocycles. The van der Waals surface area contributed by atoms with Gasteiger partial charge in [0.15, 0.2) is 5.82 Å². The van der Waals surface area contributed by atoms with Gasteiger partial charge in [-0.25, -0.2) is 14.5 Å². The van der Waals surface area contributed by atoms with Gasteiger partial charge in [-0.15, -0.1) is 5.10 Å². The quantitative estimate of drug-likeness (QED) is 0.644. The molecule has 0 N–H and O–H groups in total. The summed E-state index contributed by atoms with van der Waals surface area (Å²) in [5.74, 6) is 0.105. The van der Waals surface area contributed by atoms with Gasteiger partial charge in [-0.1, -0.05) is 23.7 Å². The number of hydrogen-bond acceptors (Lipinski definition) is 4. The molecule has 0 aliphatic carbocycles. The highest BCUT2D eigenvalue weighted by atomic mass is 35.5. The molecule has 5 nitrogen and oxygen atoms in total. The first-order chi connectivity index (χ1) is 9.83. The van der Waals surface area contributed by atoms with Crippen molar-refractivity contribution in [2.45, 2.75) is 26.4 Å². The van der Waals surface area contributed by atoms with Crippen LogP contribution < -0.4 is 0 Å². The molecular weight excluding hydrogens is 290 g/mol. The van der Waals surface area contributed by atoms with Crippen LogP contribution in [-0.4, -0.2) is 26.3 Å². The van der Waals surface area contributed by atoms with E-state index in [1.807, 2.05) is 32.9 Å². The highest BCUT2D eigenvalue weighted by molar-refractivity contribution is 6.30. The SMILES string of the molecule is CC(C)(C)OC(=O)C=Cn1cnc(-c2cccc(Cl)c2)n1. The first-order valence-corrected chi connectivity index (χ1v) is 6.79. The largest absolute Gasteiger partial charge is 0.457 e. The summed E-state index contributed by atoms with van der Waals surface area (Å²) in [5.41, 5.74) is 0.294. The average molecular weight is 306 g/mol. The number of aromatic nitrogens is 3. The molecule has 0 fully saturated rings. The molecule has 110 valence electrons. The highest BCUT2D eigenvalue weighted by Crippen LogP contribution is 2.18. The van der Waals surface area contributed by atoms with Gasteiger partial charge in [0.25, 0.3) is 0 Å². The van der Waals surface area contributed by atoms with Gasteiger partial charge >= 0.3 is 5.97 Å². The Hall–Kier alpha value is -2.14. The van der Waals surface area contributed by atoms with E-state index < -0.39 is 11.6 Å². The van der Waals surface area contributed by atoms with Crippen LogP contribution in [0.2, 0.25) is 5.02 Å². The predicted octanol–water partition coefficient (Wildman–Crippen LogP) is 3.41. The van der Waals surface area contributed by atoms with E-state index in [1.54, 1.807) is 12.1 Å². The molecule has 0 unspecified atom stereocenters. The molecule has 6 heteroatoms. The van der Waals surface area contributed by atoms with Crippen molar-refractivity contribution in [3.05, 3.63) is 41.7 Å². The van der Waals surface area contributed by atoms with Gasteiger partial charge in [0.05, 0.1) is 0 Å². The van der Waals surface area contributed by atoms with Crippen molar-refractivity contribution >= 4 is 23.8 Å². The summed E-state index contributed by atoms with van der Waals surface area (Å²) in [6.07, 6.45) is 4.31. The van der Waals surface area contributed by atoms with Crippen LogP contribution in [0.3, 0.4) is 0 Å². The lowest BCUT2D eigenvalue weighted by atomic mass is 10.2. The van der Waals surface area contributed by atoms with Gasteiger partial charge in [-0.3, -0.25) is 0 Å². The second kappa shape index (κ2) is 6.10. The summed E-state index contributed by atoms with van der Waals surface area (Å²) in [5, 5.41) is 4.86. The maximum absolute atomic E-state index is 11.6. The van der Waals surface area contributed by atoms with Crippen LogP contribution in [0.4, 0.5) is 0 Å². The fourth-order valence-corrected chi connectivity index (χ4v) is 1.77. The summed E-state index contributed by atoms with van der Waals surface area (Å²) in [6.45, 7) is 5.43. The number of nitrogens with zero attached hydrogens (tertiary/aromatic N) is 3. The molecule has 1 aromatic carbocycles. The van der Waals surface area contributed by atoms with Gasteiger partial charge in [-0.05, 0) is 32.9 Å². The summed E-state index contributed by atoms with van der Waals surface area (Å²) in [7, 11) is 0. The molecule has 0 aliphatic heterocycles. The standard InChI is InChI=1S/C15H16ClN3O2/c1-15(2,3)21-13(20)7-8-19-10-17-14(18-19)11-5-4-6-12(16)9-11/h4-10H,1-3H3. The topological polar surface area (TPSA) is 57.0 Å². The lowest BCUT2D eigenvalue weighted by Gasteiger charge is -2.17. The van der Waals surface area contributed by atoms with Crippen LogP contribution in [0.25, 0.3) is 17.6 Å². The van der Waals surface area contributed by atoms with E-state index in [2.05, 4.69) is 10.1 Å². The Labute approximate surface area is 128 Å². The molecular formula is C15H16ClN3O2. The van der Waals surface area contributed by atoms with Crippen molar-refractivity contribution in [3.63, 3.8) is 0 Å². The third-order valence-electron chi connectivity index (χ3n) is 2.36. The normalized spacial score (nSPS) is 11.8. The molecule has 0 aliphatic rings. The van der Waals surface area contributed by atoms with Crippen molar-refractivity contribution < 1.29 is 9.53 Å². The molecule has 0 bridgehead atoms. The first-order valence-electron chi connectivity index (χ1n) is 6.42. The second-order valence-electron chi connectivity index (χ2n) is 5.41. The Morgan fingerprint density at radius 2 is 2.14 bits per heavy atom. The Bertz CT molecular complexity index is 672. The minimum atomic E-state index is -0.518. The molecule has 0 radical (unpaired) electrons.